The molecule has 0 amide bonds. The molecular formula is C22H27N3O2. The zero-order valence-corrected chi connectivity index (χ0v) is 15.7. The number of ether oxygens (including phenoxy) is 2. The van der Waals surface area contributed by atoms with E-state index in [2.05, 4.69) is 28.4 Å². The third-order valence-corrected chi connectivity index (χ3v) is 4.62. The van der Waals surface area contributed by atoms with Crippen molar-refractivity contribution in [3.63, 3.8) is 0 Å². The summed E-state index contributed by atoms with van der Waals surface area (Å²) in [5, 5.41) is 12.5. The first-order valence-corrected chi connectivity index (χ1v) is 9.55. The molecule has 27 heavy (non-hydrogen) atoms. The summed E-state index contributed by atoms with van der Waals surface area (Å²) in [4.78, 5) is 2.46. The van der Waals surface area contributed by atoms with E-state index >= 15 is 0 Å². The molecule has 1 aliphatic rings. The first-order chi connectivity index (χ1) is 13.3. The molecule has 0 aromatic heterocycles. The Morgan fingerprint density at radius 3 is 2.74 bits per heavy atom. The Morgan fingerprint density at radius 1 is 1.07 bits per heavy atom. The van der Waals surface area contributed by atoms with Gasteiger partial charge in [-0.25, -0.2) is 0 Å². The molecule has 0 aliphatic carbocycles. The van der Waals surface area contributed by atoms with E-state index in [0.717, 1.165) is 63.7 Å². The second kappa shape index (κ2) is 10.7. The van der Waals surface area contributed by atoms with Gasteiger partial charge in [-0.3, -0.25) is 4.90 Å². The molecule has 142 valence electrons. The standard InChI is InChI=1S/C22H27N3O2/c23-16-19-4-1-6-21(14-19)18-27-22-7-2-5-20(15-22)17-24-8-3-9-25-10-12-26-13-11-25/h1-2,4-7,14-15,24H,3,8-13,17-18H2. The van der Waals surface area contributed by atoms with E-state index in [1.54, 1.807) is 6.07 Å². The van der Waals surface area contributed by atoms with Crippen molar-refractivity contribution in [3.8, 4) is 11.8 Å². The molecule has 0 saturated carbocycles. The van der Waals surface area contributed by atoms with Crippen molar-refractivity contribution in [2.24, 2.45) is 0 Å². The van der Waals surface area contributed by atoms with Crippen molar-refractivity contribution in [1.82, 2.24) is 10.2 Å². The summed E-state index contributed by atoms with van der Waals surface area (Å²) in [5.41, 5.74) is 2.87. The number of nitrogens with zero attached hydrogens (tertiary/aromatic N) is 2. The maximum absolute atomic E-state index is 8.97. The van der Waals surface area contributed by atoms with Crippen LogP contribution in [0.5, 0.6) is 5.75 Å². The third kappa shape index (κ3) is 6.69. The summed E-state index contributed by atoms with van der Waals surface area (Å²) in [5.74, 6) is 0.852. The Kier molecular flexibility index (Phi) is 7.67. The summed E-state index contributed by atoms with van der Waals surface area (Å²) < 4.78 is 11.3. The van der Waals surface area contributed by atoms with E-state index < -0.39 is 0 Å². The second-order valence-electron chi connectivity index (χ2n) is 6.73. The van der Waals surface area contributed by atoms with Gasteiger partial charge in [-0.05, 0) is 54.9 Å². The minimum atomic E-state index is 0.464. The number of hydrogen-bond donors (Lipinski definition) is 1. The van der Waals surface area contributed by atoms with Crippen molar-refractivity contribution in [2.45, 2.75) is 19.6 Å². The first-order valence-electron chi connectivity index (χ1n) is 9.55. The van der Waals surface area contributed by atoms with E-state index in [4.69, 9.17) is 14.7 Å². The molecule has 0 unspecified atom stereocenters. The largest absolute Gasteiger partial charge is 0.489 e. The summed E-state index contributed by atoms with van der Waals surface area (Å²) >= 11 is 0. The lowest BCUT2D eigenvalue weighted by Crippen LogP contribution is -2.37. The van der Waals surface area contributed by atoms with Gasteiger partial charge in [0.25, 0.3) is 0 Å². The van der Waals surface area contributed by atoms with E-state index in [0.29, 0.717) is 12.2 Å². The highest BCUT2D eigenvalue weighted by molar-refractivity contribution is 5.33. The third-order valence-electron chi connectivity index (χ3n) is 4.62. The number of nitrogens with one attached hydrogen (secondary N) is 1. The minimum absolute atomic E-state index is 0.464. The smallest absolute Gasteiger partial charge is 0.120 e. The van der Waals surface area contributed by atoms with Crippen LogP contribution in [0.15, 0.2) is 48.5 Å². The summed E-state index contributed by atoms with van der Waals surface area (Å²) in [6.45, 7) is 7.26. The number of hydrogen-bond acceptors (Lipinski definition) is 5. The predicted octanol–water partition coefficient (Wildman–Crippen LogP) is 2.95. The van der Waals surface area contributed by atoms with E-state index in [9.17, 15) is 0 Å². The average Bonchev–Trinajstić information content (AvgIpc) is 2.73. The lowest BCUT2D eigenvalue weighted by molar-refractivity contribution is 0.0374. The molecule has 5 heteroatoms. The molecule has 0 bridgehead atoms. The molecule has 5 nitrogen and oxygen atoms in total. The SMILES string of the molecule is N#Cc1cccc(COc2cccc(CNCCCN3CCOCC3)c2)c1. The molecule has 1 N–H and O–H groups in total. The Balaban J connectivity index is 1.38. The molecule has 2 aromatic carbocycles. The molecule has 1 saturated heterocycles. The van der Waals surface area contributed by atoms with E-state index in [1.165, 1.54) is 5.56 Å². The summed E-state index contributed by atoms with van der Waals surface area (Å²) in [6, 6.07) is 17.8. The van der Waals surface area contributed by atoms with Crippen LogP contribution in [-0.4, -0.2) is 44.3 Å². The van der Waals surface area contributed by atoms with Crippen molar-refractivity contribution >= 4 is 0 Å². The van der Waals surface area contributed by atoms with Gasteiger partial charge < -0.3 is 14.8 Å². The Labute approximate surface area is 161 Å². The van der Waals surface area contributed by atoms with Gasteiger partial charge in [0.1, 0.15) is 12.4 Å². The summed E-state index contributed by atoms with van der Waals surface area (Å²) in [7, 11) is 0. The number of nitriles is 1. The molecule has 1 heterocycles. The van der Waals surface area contributed by atoms with Crippen LogP contribution in [0.3, 0.4) is 0 Å². The quantitative estimate of drug-likeness (QED) is 0.693. The van der Waals surface area contributed by atoms with Crippen LogP contribution in [0.25, 0.3) is 0 Å². The zero-order chi connectivity index (χ0) is 18.7. The van der Waals surface area contributed by atoms with Gasteiger partial charge in [-0.15, -0.1) is 0 Å². The monoisotopic (exact) mass is 365 g/mol. The van der Waals surface area contributed by atoms with Gasteiger partial charge in [0, 0.05) is 19.6 Å². The minimum Gasteiger partial charge on any atom is -0.489 e. The summed E-state index contributed by atoms with van der Waals surface area (Å²) in [6.07, 6.45) is 1.14. The fourth-order valence-corrected chi connectivity index (χ4v) is 3.13. The molecule has 2 aromatic rings. The molecule has 0 atom stereocenters. The predicted molar refractivity (Wildman–Crippen MR) is 106 cm³/mol. The van der Waals surface area contributed by atoms with Gasteiger partial charge in [0.2, 0.25) is 0 Å². The van der Waals surface area contributed by atoms with Crippen molar-refractivity contribution < 1.29 is 9.47 Å². The van der Waals surface area contributed by atoms with Gasteiger partial charge >= 0.3 is 0 Å². The van der Waals surface area contributed by atoms with Crippen molar-refractivity contribution in [1.29, 1.82) is 5.26 Å². The van der Waals surface area contributed by atoms with Crippen LogP contribution in [0.2, 0.25) is 0 Å². The molecular weight excluding hydrogens is 338 g/mol. The fourth-order valence-electron chi connectivity index (χ4n) is 3.13. The van der Waals surface area contributed by atoms with Crippen LogP contribution in [0, 0.1) is 11.3 Å². The molecule has 1 fully saturated rings. The number of rotatable bonds is 9. The fraction of sp³-hybridized carbons (Fsp3) is 0.409. The molecule has 3 rings (SSSR count). The van der Waals surface area contributed by atoms with E-state index in [-0.39, 0.29) is 0 Å². The van der Waals surface area contributed by atoms with Crippen molar-refractivity contribution in [2.75, 3.05) is 39.4 Å². The van der Waals surface area contributed by atoms with E-state index in [1.807, 2.05) is 30.3 Å². The highest BCUT2D eigenvalue weighted by Crippen LogP contribution is 2.15. The number of benzene rings is 2. The Hall–Kier alpha value is -2.39. The van der Waals surface area contributed by atoms with Crippen molar-refractivity contribution in [3.05, 3.63) is 65.2 Å². The zero-order valence-electron chi connectivity index (χ0n) is 15.7. The topological polar surface area (TPSA) is 57.5 Å². The van der Waals surface area contributed by atoms with Gasteiger partial charge in [-0.1, -0.05) is 24.3 Å². The first kappa shape index (κ1) is 19.4. The van der Waals surface area contributed by atoms with Gasteiger partial charge in [-0.2, -0.15) is 5.26 Å². The molecule has 1 aliphatic heterocycles. The molecule has 0 radical (unpaired) electrons. The van der Waals surface area contributed by atoms with Gasteiger partial charge in [0.15, 0.2) is 0 Å². The Morgan fingerprint density at radius 2 is 1.89 bits per heavy atom. The Bertz CT molecular complexity index is 751. The van der Waals surface area contributed by atoms with Crippen LogP contribution < -0.4 is 10.1 Å². The highest BCUT2D eigenvalue weighted by Gasteiger charge is 2.08. The van der Waals surface area contributed by atoms with Crippen LogP contribution in [0.4, 0.5) is 0 Å². The van der Waals surface area contributed by atoms with Gasteiger partial charge in [0.05, 0.1) is 24.8 Å². The highest BCUT2D eigenvalue weighted by atomic mass is 16.5. The number of morpholine rings is 1. The van der Waals surface area contributed by atoms with Crippen LogP contribution in [0.1, 0.15) is 23.1 Å². The maximum Gasteiger partial charge on any atom is 0.120 e. The lowest BCUT2D eigenvalue weighted by atomic mass is 10.1. The average molecular weight is 365 g/mol. The van der Waals surface area contributed by atoms with Crippen LogP contribution in [-0.2, 0) is 17.9 Å². The second-order valence-corrected chi connectivity index (χ2v) is 6.73. The maximum atomic E-state index is 8.97. The molecule has 0 spiro atoms. The normalized spacial score (nSPS) is 14.6. The van der Waals surface area contributed by atoms with Crippen LogP contribution >= 0.6 is 0 Å². The lowest BCUT2D eigenvalue weighted by Gasteiger charge is -2.26.